The summed E-state index contributed by atoms with van der Waals surface area (Å²) in [5.74, 6) is -0.0284. The van der Waals surface area contributed by atoms with E-state index in [1.165, 1.54) is 6.20 Å². The molecule has 0 radical (unpaired) electrons. The van der Waals surface area contributed by atoms with Gasteiger partial charge in [0, 0.05) is 35.9 Å². The molecule has 1 amide bonds. The largest absolute Gasteiger partial charge is 0.496 e. The van der Waals surface area contributed by atoms with E-state index in [-0.39, 0.29) is 25.5 Å². The standard InChI is InChI=1S/C30H35BN2O6/c1-29(2)30(3,4)39-31(38-29)20-15-19(16-32-17-20)27(35)26(34)13-14-33-28(36)37-18-25-23-11-7-5-9-21(23)22-10-6-8-12-24(22)25/h5-12,15-17,25-27,34-35H,13-14,18H2,1-4H3,(H,33,36). The lowest BCUT2D eigenvalue weighted by molar-refractivity contribution is 0.00578. The Labute approximate surface area is 229 Å². The van der Waals surface area contributed by atoms with Gasteiger partial charge in [-0.25, -0.2) is 4.79 Å². The van der Waals surface area contributed by atoms with Gasteiger partial charge in [-0.15, -0.1) is 0 Å². The number of fused-ring (bicyclic) bond motifs is 3. The van der Waals surface area contributed by atoms with Gasteiger partial charge in [-0.05, 0) is 56.4 Å². The van der Waals surface area contributed by atoms with Crippen LogP contribution in [0.3, 0.4) is 0 Å². The fourth-order valence-electron chi connectivity index (χ4n) is 5.10. The van der Waals surface area contributed by atoms with E-state index in [9.17, 15) is 15.0 Å². The number of aliphatic hydroxyl groups excluding tert-OH is 2. The van der Waals surface area contributed by atoms with Crippen LogP contribution < -0.4 is 10.8 Å². The molecule has 1 aliphatic heterocycles. The number of carbonyl (C=O) groups excluding carboxylic acids is 1. The van der Waals surface area contributed by atoms with E-state index < -0.39 is 36.6 Å². The number of carbonyl (C=O) groups is 1. The lowest BCUT2D eigenvalue weighted by Crippen LogP contribution is -2.41. The van der Waals surface area contributed by atoms with Gasteiger partial charge in [-0.2, -0.15) is 0 Å². The number of hydrogen-bond acceptors (Lipinski definition) is 7. The lowest BCUT2D eigenvalue weighted by atomic mass is 9.79. The molecule has 204 valence electrons. The number of amides is 1. The van der Waals surface area contributed by atoms with Crippen LogP contribution in [0.5, 0.6) is 0 Å². The fraction of sp³-hybridized carbons (Fsp3) is 0.400. The van der Waals surface area contributed by atoms with Crippen molar-refractivity contribution >= 4 is 18.7 Å². The first-order valence-corrected chi connectivity index (χ1v) is 13.3. The molecule has 8 nitrogen and oxygen atoms in total. The zero-order chi connectivity index (χ0) is 27.8. The zero-order valence-electron chi connectivity index (χ0n) is 22.8. The van der Waals surface area contributed by atoms with Crippen molar-refractivity contribution in [1.82, 2.24) is 10.3 Å². The maximum atomic E-state index is 12.4. The van der Waals surface area contributed by atoms with E-state index in [4.69, 9.17) is 14.0 Å². The summed E-state index contributed by atoms with van der Waals surface area (Å²) in [6.45, 7) is 8.21. The summed E-state index contributed by atoms with van der Waals surface area (Å²) >= 11 is 0. The quantitative estimate of drug-likeness (QED) is 0.381. The van der Waals surface area contributed by atoms with Crippen molar-refractivity contribution in [3.05, 3.63) is 83.7 Å². The zero-order valence-corrected chi connectivity index (χ0v) is 22.8. The Balaban J connectivity index is 1.12. The fourth-order valence-corrected chi connectivity index (χ4v) is 5.10. The normalized spacial score (nSPS) is 18.8. The number of pyridine rings is 1. The third-order valence-corrected chi connectivity index (χ3v) is 8.07. The van der Waals surface area contributed by atoms with Gasteiger partial charge in [-0.3, -0.25) is 4.98 Å². The second kappa shape index (κ2) is 10.7. The van der Waals surface area contributed by atoms with Gasteiger partial charge in [0.2, 0.25) is 0 Å². The molecule has 2 unspecified atom stereocenters. The number of hydrogen-bond donors (Lipinski definition) is 3. The number of nitrogens with zero attached hydrogens (tertiary/aromatic N) is 1. The molecule has 1 aromatic heterocycles. The minimum absolute atomic E-state index is 0.0284. The second-order valence-electron chi connectivity index (χ2n) is 11.2. The monoisotopic (exact) mass is 530 g/mol. The van der Waals surface area contributed by atoms with Crippen LogP contribution in [0.1, 0.15) is 62.8 Å². The van der Waals surface area contributed by atoms with Gasteiger partial charge < -0.3 is 29.6 Å². The van der Waals surface area contributed by atoms with Crippen molar-refractivity contribution in [2.75, 3.05) is 13.2 Å². The first-order valence-electron chi connectivity index (χ1n) is 13.3. The Hall–Kier alpha value is -3.24. The summed E-state index contributed by atoms with van der Waals surface area (Å²) in [4.78, 5) is 16.6. The molecule has 1 saturated heterocycles. The van der Waals surface area contributed by atoms with Crippen LogP contribution in [0.25, 0.3) is 11.1 Å². The Morgan fingerprint density at radius 2 is 1.59 bits per heavy atom. The first-order chi connectivity index (χ1) is 18.6. The average molecular weight is 530 g/mol. The smallest absolute Gasteiger partial charge is 0.449 e. The molecule has 2 heterocycles. The van der Waals surface area contributed by atoms with Crippen molar-refractivity contribution in [1.29, 1.82) is 0 Å². The molecule has 1 fully saturated rings. The van der Waals surface area contributed by atoms with Crippen LogP contribution in [0.15, 0.2) is 67.0 Å². The molecular formula is C30H35BN2O6. The predicted molar refractivity (Wildman–Crippen MR) is 149 cm³/mol. The van der Waals surface area contributed by atoms with Gasteiger partial charge in [0.1, 0.15) is 12.7 Å². The van der Waals surface area contributed by atoms with Crippen molar-refractivity contribution in [2.24, 2.45) is 0 Å². The molecule has 9 heteroatoms. The number of alkyl carbamates (subject to hydrolysis) is 1. The molecule has 5 rings (SSSR count). The van der Waals surface area contributed by atoms with E-state index in [0.29, 0.717) is 11.0 Å². The Morgan fingerprint density at radius 1 is 1.00 bits per heavy atom. The van der Waals surface area contributed by atoms with Crippen LogP contribution in [0.2, 0.25) is 0 Å². The SMILES string of the molecule is CC1(C)OB(c2cncc(C(O)C(O)CCNC(=O)OCC3c4ccccc4-c4ccccc43)c2)OC1(C)C. The minimum Gasteiger partial charge on any atom is -0.449 e. The highest BCUT2D eigenvalue weighted by molar-refractivity contribution is 6.62. The van der Waals surface area contributed by atoms with Crippen LogP contribution in [-0.2, 0) is 14.0 Å². The maximum absolute atomic E-state index is 12.4. The summed E-state index contributed by atoms with van der Waals surface area (Å²) in [5, 5.41) is 24.0. The van der Waals surface area contributed by atoms with Crippen molar-refractivity contribution in [3.8, 4) is 11.1 Å². The van der Waals surface area contributed by atoms with Crippen LogP contribution in [0.4, 0.5) is 4.79 Å². The Morgan fingerprint density at radius 3 is 2.21 bits per heavy atom. The molecule has 39 heavy (non-hydrogen) atoms. The summed E-state index contributed by atoms with van der Waals surface area (Å²) in [6, 6.07) is 18.0. The van der Waals surface area contributed by atoms with E-state index in [0.717, 1.165) is 22.3 Å². The molecule has 0 spiro atoms. The van der Waals surface area contributed by atoms with Gasteiger partial charge in [0.25, 0.3) is 0 Å². The molecule has 3 N–H and O–H groups in total. The number of nitrogens with one attached hydrogen (secondary N) is 1. The minimum atomic E-state index is -1.19. The second-order valence-corrected chi connectivity index (χ2v) is 11.2. The Kier molecular flexibility index (Phi) is 7.52. The molecule has 1 aliphatic carbocycles. The summed E-state index contributed by atoms with van der Waals surface area (Å²) in [5.41, 5.74) is 4.70. The van der Waals surface area contributed by atoms with Crippen molar-refractivity contribution in [3.63, 3.8) is 0 Å². The highest BCUT2D eigenvalue weighted by Gasteiger charge is 2.52. The number of rotatable bonds is 8. The van der Waals surface area contributed by atoms with Crippen LogP contribution in [0, 0.1) is 0 Å². The number of aliphatic hydroxyl groups is 2. The molecule has 3 aromatic rings. The number of ether oxygens (including phenoxy) is 1. The highest BCUT2D eigenvalue weighted by atomic mass is 16.7. The van der Waals surface area contributed by atoms with E-state index in [2.05, 4.69) is 34.6 Å². The Bertz CT molecular complexity index is 1280. The lowest BCUT2D eigenvalue weighted by Gasteiger charge is -2.32. The number of aromatic nitrogens is 1. The van der Waals surface area contributed by atoms with Gasteiger partial charge in [-0.1, -0.05) is 54.6 Å². The van der Waals surface area contributed by atoms with E-state index >= 15 is 0 Å². The maximum Gasteiger partial charge on any atom is 0.496 e. The van der Waals surface area contributed by atoms with Gasteiger partial charge >= 0.3 is 13.2 Å². The van der Waals surface area contributed by atoms with Gasteiger partial charge in [0.05, 0.1) is 17.3 Å². The molecule has 0 saturated carbocycles. The molecule has 2 aromatic carbocycles. The summed E-state index contributed by atoms with van der Waals surface area (Å²) < 4.78 is 17.7. The molecule has 0 bridgehead atoms. The molecule has 2 atom stereocenters. The summed E-state index contributed by atoms with van der Waals surface area (Å²) in [7, 11) is -0.623. The third-order valence-electron chi connectivity index (χ3n) is 8.07. The van der Waals surface area contributed by atoms with E-state index in [1.807, 2.05) is 52.0 Å². The molecule has 2 aliphatic rings. The first kappa shape index (κ1) is 27.3. The summed E-state index contributed by atoms with van der Waals surface area (Å²) in [6.07, 6.45) is 0.387. The molecular weight excluding hydrogens is 495 g/mol. The number of benzene rings is 2. The van der Waals surface area contributed by atoms with Crippen molar-refractivity contribution < 1.29 is 29.1 Å². The van der Waals surface area contributed by atoms with E-state index in [1.54, 1.807) is 12.3 Å². The van der Waals surface area contributed by atoms with Crippen LogP contribution in [-0.4, -0.2) is 58.9 Å². The third kappa shape index (κ3) is 5.45. The average Bonchev–Trinajstić information content (AvgIpc) is 3.36. The topological polar surface area (TPSA) is 110 Å². The predicted octanol–water partition coefficient (Wildman–Crippen LogP) is 3.70. The highest BCUT2D eigenvalue weighted by Crippen LogP contribution is 2.44. The van der Waals surface area contributed by atoms with Crippen molar-refractivity contribution in [2.45, 2.75) is 63.4 Å². The van der Waals surface area contributed by atoms with Crippen LogP contribution >= 0.6 is 0 Å². The van der Waals surface area contributed by atoms with Gasteiger partial charge in [0.15, 0.2) is 0 Å².